The number of sulfonamides is 1. The highest BCUT2D eigenvalue weighted by molar-refractivity contribution is 7.92. The number of aryl methyl sites for hydroxylation is 1. The van der Waals surface area contributed by atoms with E-state index in [2.05, 4.69) is 30.3 Å². The summed E-state index contributed by atoms with van der Waals surface area (Å²) < 4.78 is 25.6. The zero-order valence-electron chi connectivity index (χ0n) is 16.8. The van der Waals surface area contributed by atoms with Gasteiger partial charge in [0.2, 0.25) is 10.0 Å². The average Bonchev–Trinajstić information content (AvgIpc) is 2.69. The van der Waals surface area contributed by atoms with Gasteiger partial charge in [0.15, 0.2) is 5.82 Å². The summed E-state index contributed by atoms with van der Waals surface area (Å²) in [6, 6.07) is 3.81. The van der Waals surface area contributed by atoms with Crippen LogP contribution in [-0.2, 0) is 10.0 Å². The minimum atomic E-state index is -3.42. The van der Waals surface area contributed by atoms with Gasteiger partial charge in [-0.2, -0.15) is 0 Å². The molecular weight excluding hydrogens is 404 g/mol. The van der Waals surface area contributed by atoms with Crippen molar-refractivity contribution in [1.29, 1.82) is 0 Å². The fourth-order valence-corrected chi connectivity index (χ4v) is 4.19. The van der Waals surface area contributed by atoms with Crippen molar-refractivity contribution in [3.8, 4) is 11.1 Å². The Labute approximate surface area is 174 Å². The van der Waals surface area contributed by atoms with Crippen LogP contribution in [0.5, 0.6) is 0 Å². The minimum absolute atomic E-state index is 0.166. The molecule has 9 nitrogen and oxygen atoms in total. The second-order valence-corrected chi connectivity index (χ2v) is 9.34. The van der Waals surface area contributed by atoms with Gasteiger partial charge < -0.3 is 15.6 Å². The molecule has 1 fully saturated rings. The van der Waals surface area contributed by atoms with Crippen LogP contribution in [0.15, 0.2) is 35.5 Å². The van der Waals surface area contributed by atoms with Gasteiger partial charge in [0, 0.05) is 40.5 Å². The van der Waals surface area contributed by atoms with Gasteiger partial charge in [0.05, 0.1) is 23.7 Å². The number of aromatic nitrogens is 3. The van der Waals surface area contributed by atoms with Crippen LogP contribution in [0.25, 0.3) is 22.0 Å². The Kier molecular flexibility index (Phi) is 5.44. The summed E-state index contributed by atoms with van der Waals surface area (Å²) in [7, 11) is -3.42. The molecular formula is C20H24N6O3S. The van der Waals surface area contributed by atoms with E-state index >= 15 is 0 Å². The number of fused-ring (bicyclic) bond motifs is 1. The van der Waals surface area contributed by atoms with E-state index in [1.165, 1.54) is 6.20 Å². The van der Waals surface area contributed by atoms with Gasteiger partial charge in [-0.15, -0.1) is 0 Å². The number of hydrogen-bond donors (Lipinski definition) is 4. The van der Waals surface area contributed by atoms with Crippen LogP contribution < -0.4 is 20.9 Å². The lowest BCUT2D eigenvalue weighted by Crippen LogP contribution is -2.35. The van der Waals surface area contributed by atoms with Crippen molar-refractivity contribution < 1.29 is 8.42 Å². The summed E-state index contributed by atoms with van der Waals surface area (Å²) >= 11 is 0. The van der Waals surface area contributed by atoms with E-state index in [9.17, 15) is 13.2 Å². The smallest absolute Gasteiger partial charge is 0.251 e. The number of aromatic amines is 1. The average molecular weight is 429 g/mol. The number of anilines is 2. The molecule has 0 spiro atoms. The standard InChI is InChI=1S/C20H24N6O3S/c1-12-7-16-17(13-8-15(10-22-9-13)26-30(2,28)29)11-23-19(18(16)25-20(12)27)24-14-3-5-21-6-4-14/h7-11,14,21,26H,3-6H2,1-2H3,(H,23,24)(H,25,27). The third-order valence-electron chi connectivity index (χ3n) is 5.11. The zero-order chi connectivity index (χ0) is 21.3. The highest BCUT2D eigenvalue weighted by atomic mass is 32.2. The maximum Gasteiger partial charge on any atom is 0.251 e. The highest BCUT2D eigenvalue weighted by Gasteiger charge is 2.17. The lowest BCUT2D eigenvalue weighted by Gasteiger charge is -2.25. The maximum absolute atomic E-state index is 12.3. The molecule has 0 amide bonds. The van der Waals surface area contributed by atoms with E-state index in [-0.39, 0.29) is 11.6 Å². The molecule has 0 aliphatic carbocycles. The molecule has 4 N–H and O–H groups in total. The predicted molar refractivity (Wildman–Crippen MR) is 118 cm³/mol. The van der Waals surface area contributed by atoms with Crippen molar-refractivity contribution in [3.05, 3.63) is 46.6 Å². The molecule has 30 heavy (non-hydrogen) atoms. The van der Waals surface area contributed by atoms with Crippen molar-refractivity contribution in [2.24, 2.45) is 0 Å². The number of pyridine rings is 3. The van der Waals surface area contributed by atoms with Gasteiger partial charge in [0.25, 0.3) is 5.56 Å². The number of H-pyrrole nitrogens is 1. The normalized spacial score (nSPS) is 15.3. The molecule has 0 aromatic carbocycles. The fourth-order valence-electron chi connectivity index (χ4n) is 3.65. The Bertz CT molecular complexity index is 1250. The molecule has 0 atom stereocenters. The van der Waals surface area contributed by atoms with Gasteiger partial charge in [-0.05, 0) is 45.0 Å². The largest absolute Gasteiger partial charge is 0.366 e. The third-order valence-corrected chi connectivity index (χ3v) is 5.72. The Morgan fingerprint density at radius 3 is 2.63 bits per heavy atom. The quantitative estimate of drug-likeness (QED) is 0.488. The second-order valence-electron chi connectivity index (χ2n) is 7.60. The summed E-state index contributed by atoms with van der Waals surface area (Å²) in [5, 5.41) is 7.61. The van der Waals surface area contributed by atoms with Crippen molar-refractivity contribution in [1.82, 2.24) is 20.3 Å². The van der Waals surface area contributed by atoms with Gasteiger partial charge >= 0.3 is 0 Å². The van der Waals surface area contributed by atoms with Gasteiger partial charge in [0.1, 0.15) is 0 Å². The molecule has 0 unspecified atom stereocenters. The SMILES string of the molecule is Cc1cc2c(-c3cncc(NS(C)(=O)=O)c3)cnc(NC3CCNCC3)c2[nH]c1=O. The first-order valence-electron chi connectivity index (χ1n) is 9.73. The second kappa shape index (κ2) is 8.04. The van der Waals surface area contributed by atoms with E-state index in [1.54, 1.807) is 25.4 Å². The monoisotopic (exact) mass is 428 g/mol. The summed E-state index contributed by atoms with van der Waals surface area (Å²) in [5.41, 5.74) is 2.86. The topological polar surface area (TPSA) is 129 Å². The summed E-state index contributed by atoms with van der Waals surface area (Å²) in [4.78, 5) is 24.0. The molecule has 158 valence electrons. The van der Waals surface area contributed by atoms with Crippen LogP contribution in [0.4, 0.5) is 11.5 Å². The Hall–Kier alpha value is -2.98. The summed E-state index contributed by atoms with van der Waals surface area (Å²) in [6.07, 6.45) is 7.86. The number of nitrogens with one attached hydrogen (secondary N) is 4. The van der Waals surface area contributed by atoms with Crippen LogP contribution in [0, 0.1) is 6.92 Å². The van der Waals surface area contributed by atoms with Crippen LogP contribution in [0.2, 0.25) is 0 Å². The van der Waals surface area contributed by atoms with Crippen molar-refractivity contribution in [3.63, 3.8) is 0 Å². The van der Waals surface area contributed by atoms with Gasteiger partial charge in [-0.25, -0.2) is 13.4 Å². The molecule has 1 aliphatic rings. The minimum Gasteiger partial charge on any atom is -0.366 e. The van der Waals surface area contributed by atoms with Crippen molar-refractivity contribution in [2.75, 3.05) is 29.4 Å². The van der Waals surface area contributed by atoms with Crippen molar-refractivity contribution in [2.45, 2.75) is 25.8 Å². The molecule has 1 saturated heterocycles. The lowest BCUT2D eigenvalue weighted by atomic mass is 10.0. The molecule has 0 bridgehead atoms. The third kappa shape index (κ3) is 4.44. The molecule has 4 heterocycles. The Balaban J connectivity index is 1.81. The molecule has 0 saturated carbocycles. The first-order valence-corrected chi connectivity index (χ1v) is 11.6. The van der Waals surface area contributed by atoms with E-state index in [4.69, 9.17) is 0 Å². The number of hydrogen-bond acceptors (Lipinski definition) is 7. The van der Waals surface area contributed by atoms with Gasteiger partial charge in [-0.1, -0.05) is 0 Å². The lowest BCUT2D eigenvalue weighted by molar-refractivity contribution is 0.478. The number of nitrogens with zero attached hydrogens (tertiary/aromatic N) is 2. The van der Waals surface area contributed by atoms with Crippen molar-refractivity contribution >= 4 is 32.4 Å². The molecule has 1 aliphatic heterocycles. The molecule has 10 heteroatoms. The van der Waals surface area contributed by atoms with Crippen LogP contribution in [0.1, 0.15) is 18.4 Å². The van der Waals surface area contributed by atoms with Crippen LogP contribution in [0.3, 0.4) is 0 Å². The first-order chi connectivity index (χ1) is 14.3. The Morgan fingerprint density at radius 1 is 1.13 bits per heavy atom. The highest BCUT2D eigenvalue weighted by Crippen LogP contribution is 2.32. The Morgan fingerprint density at radius 2 is 1.90 bits per heavy atom. The summed E-state index contributed by atoms with van der Waals surface area (Å²) in [5.74, 6) is 0.635. The van der Waals surface area contributed by atoms with E-state index < -0.39 is 10.0 Å². The van der Waals surface area contributed by atoms with E-state index in [0.717, 1.165) is 43.1 Å². The summed E-state index contributed by atoms with van der Waals surface area (Å²) in [6.45, 7) is 3.63. The zero-order valence-corrected chi connectivity index (χ0v) is 17.6. The molecule has 3 aromatic heterocycles. The van der Waals surface area contributed by atoms with E-state index in [0.29, 0.717) is 28.1 Å². The fraction of sp³-hybridized carbons (Fsp3) is 0.350. The number of piperidine rings is 1. The first kappa shape index (κ1) is 20.3. The van der Waals surface area contributed by atoms with E-state index in [1.807, 2.05) is 6.07 Å². The predicted octanol–water partition coefficient (Wildman–Crippen LogP) is 1.83. The maximum atomic E-state index is 12.3. The van der Waals surface area contributed by atoms with Gasteiger partial charge in [-0.3, -0.25) is 14.5 Å². The van der Waals surface area contributed by atoms with Crippen LogP contribution >= 0.6 is 0 Å². The molecule has 3 aromatic rings. The number of rotatable bonds is 5. The molecule has 0 radical (unpaired) electrons. The van der Waals surface area contributed by atoms with Crippen LogP contribution in [-0.4, -0.2) is 48.8 Å². The molecule has 4 rings (SSSR count).